The van der Waals surface area contributed by atoms with Crippen molar-refractivity contribution in [1.82, 2.24) is 0 Å². The second kappa shape index (κ2) is 3.54. The Morgan fingerprint density at radius 1 is 1.08 bits per heavy atom. The average molecular weight is 193 g/mol. The molecular weight excluding hydrogens is 174 g/mol. The quantitative estimate of drug-likeness (QED) is 0.652. The maximum Gasteiger partial charge on any atom is 0.0776 e. The van der Waals surface area contributed by atoms with E-state index in [2.05, 4.69) is 62.9 Å². The number of rotatable bonds is 2. The van der Waals surface area contributed by atoms with Crippen molar-refractivity contribution in [2.75, 3.05) is 19.0 Å². The zero-order valence-corrected chi connectivity index (χ0v) is 10.3. The molecule has 2 heteroatoms. The Morgan fingerprint density at radius 2 is 1.69 bits per heavy atom. The van der Waals surface area contributed by atoms with Gasteiger partial charge in [0, 0.05) is 19.8 Å². The highest BCUT2D eigenvalue weighted by Gasteiger charge is 2.16. The molecule has 1 aromatic carbocycles. The maximum atomic E-state index is 2.38. The molecule has 0 N–H and O–H groups in total. The smallest absolute Gasteiger partial charge is 0.0776 e. The highest BCUT2D eigenvalue weighted by atomic mass is 28.3. The molecule has 0 aromatic heterocycles. The molecule has 0 spiro atoms. The minimum Gasteiger partial charge on any atom is -0.378 e. The van der Waals surface area contributed by atoms with Gasteiger partial charge in [0.15, 0.2) is 0 Å². The fraction of sp³-hybridized carbons (Fsp3) is 0.455. The first kappa shape index (κ1) is 10.3. The Morgan fingerprint density at radius 3 is 2.15 bits per heavy atom. The van der Waals surface area contributed by atoms with E-state index in [1.165, 1.54) is 10.9 Å². The number of benzene rings is 1. The van der Waals surface area contributed by atoms with Crippen LogP contribution in [0.2, 0.25) is 19.6 Å². The molecule has 1 rings (SSSR count). The Bertz CT molecular complexity index is 286. The lowest BCUT2D eigenvalue weighted by molar-refractivity contribution is 1.13. The number of nitrogens with zero attached hydrogens (tertiary/aromatic N) is 1. The molecule has 1 aromatic rings. The van der Waals surface area contributed by atoms with Crippen LogP contribution in [0.5, 0.6) is 0 Å². The van der Waals surface area contributed by atoms with Gasteiger partial charge in [0.25, 0.3) is 0 Å². The molecule has 0 saturated carbocycles. The summed E-state index contributed by atoms with van der Waals surface area (Å²) in [5.41, 5.74) is 1.31. The van der Waals surface area contributed by atoms with Gasteiger partial charge in [-0.2, -0.15) is 0 Å². The van der Waals surface area contributed by atoms with Crippen LogP contribution in [0.1, 0.15) is 0 Å². The molecule has 13 heavy (non-hydrogen) atoms. The number of hydrogen-bond acceptors (Lipinski definition) is 1. The Labute approximate surface area is 82.4 Å². The van der Waals surface area contributed by atoms with Crippen LogP contribution >= 0.6 is 0 Å². The van der Waals surface area contributed by atoms with E-state index >= 15 is 0 Å². The van der Waals surface area contributed by atoms with Crippen LogP contribution in [0.3, 0.4) is 0 Å². The SMILES string of the molecule is CN(C)c1cccc([Si](C)(C)C)c1. The molecule has 0 bridgehead atoms. The van der Waals surface area contributed by atoms with Crippen molar-refractivity contribution in [3.63, 3.8) is 0 Å². The van der Waals surface area contributed by atoms with Crippen LogP contribution in [0.25, 0.3) is 0 Å². The summed E-state index contributed by atoms with van der Waals surface area (Å²) in [7, 11) is 3.04. The second-order valence-electron chi connectivity index (χ2n) is 4.69. The largest absolute Gasteiger partial charge is 0.378 e. The summed E-state index contributed by atoms with van der Waals surface area (Å²) in [6, 6.07) is 8.87. The predicted octanol–water partition coefficient (Wildman–Crippen LogP) is 2.30. The zero-order valence-electron chi connectivity index (χ0n) is 9.26. The number of anilines is 1. The lowest BCUT2D eigenvalue weighted by atomic mass is 10.3. The zero-order chi connectivity index (χ0) is 10.1. The molecule has 72 valence electrons. The van der Waals surface area contributed by atoms with E-state index in [0.717, 1.165) is 0 Å². The van der Waals surface area contributed by atoms with Crippen molar-refractivity contribution in [2.45, 2.75) is 19.6 Å². The molecule has 0 radical (unpaired) electrons. The van der Waals surface area contributed by atoms with Crippen molar-refractivity contribution >= 4 is 18.9 Å². The van der Waals surface area contributed by atoms with Crippen LogP contribution < -0.4 is 10.1 Å². The monoisotopic (exact) mass is 193 g/mol. The van der Waals surface area contributed by atoms with E-state index in [-0.39, 0.29) is 0 Å². The Kier molecular flexibility index (Phi) is 2.81. The Hall–Kier alpha value is -0.763. The minimum absolute atomic E-state index is 1.14. The van der Waals surface area contributed by atoms with Gasteiger partial charge in [0.2, 0.25) is 0 Å². The van der Waals surface area contributed by atoms with Gasteiger partial charge < -0.3 is 4.90 Å². The van der Waals surface area contributed by atoms with Crippen LogP contribution in [-0.2, 0) is 0 Å². The molecular formula is C11H19NSi. The summed E-state index contributed by atoms with van der Waals surface area (Å²) in [5.74, 6) is 0. The molecule has 0 aliphatic heterocycles. The number of hydrogen-bond donors (Lipinski definition) is 0. The highest BCUT2D eigenvalue weighted by Crippen LogP contribution is 2.11. The van der Waals surface area contributed by atoms with Crippen LogP contribution in [0, 0.1) is 0 Å². The van der Waals surface area contributed by atoms with Gasteiger partial charge in [0.1, 0.15) is 0 Å². The second-order valence-corrected chi connectivity index (χ2v) is 9.77. The summed E-state index contributed by atoms with van der Waals surface area (Å²) in [4.78, 5) is 2.16. The summed E-state index contributed by atoms with van der Waals surface area (Å²) < 4.78 is 0. The molecule has 0 heterocycles. The van der Waals surface area contributed by atoms with E-state index in [1.807, 2.05) is 0 Å². The summed E-state index contributed by atoms with van der Waals surface area (Å²) in [6.07, 6.45) is 0. The predicted molar refractivity (Wildman–Crippen MR) is 63.7 cm³/mol. The van der Waals surface area contributed by atoms with E-state index in [0.29, 0.717) is 0 Å². The van der Waals surface area contributed by atoms with Gasteiger partial charge >= 0.3 is 0 Å². The van der Waals surface area contributed by atoms with E-state index < -0.39 is 8.07 Å². The summed E-state index contributed by atoms with van der Waals surface area (Å²) in [6.45, 7) is 7.13. The first-order chi connectivity index (χ1) is 5.91. The molecule has 0 aliphatic carbocycles. The maximum absolute atomic E-state index is 2.38. The summed E-state index contributed by atoms with van der Waals surface area (Å²) >= 11 is 0. The highest BCUT2D eigenvalue weighted by molar-refractivity contribution is 6.88. The van der Waals surface area contributed by atoms with Gasteiger partial charge in [0.05, 0.1) is 8.07 Å². The normalized spacial score (nSPS) is 11.5. The van der Waals surface area contributed by atoms with Crippen LogP contribution in [0.4, 0.5) is 5.69 Å². The lowest BCUT2D eigenvalue weighted by Crippen LogP contribution is -2.37. The third-order valence-corrected chi connectivity index (χ3v) is 4.27. The topological polar surface area (TPSA) is 3.24 Å². The van der Waals surface area contributed by atoms with Gasteiger partial charge in [-0.05, 0) is 12.1 Å². The summed E-state index contributed by atoms with van der Waals surface area (Å²) in [5, 5.41) is 1.53. The molecule has 0 atom stereocenters. The fourth-order valence-electron chi connectivity index (χ4n) is 1.25. The van der Waals surface area contributed by atoms with Gasteiger partial charge in [-0.1, -0.05) is 37.0 Å². The van der Waals surface area contributed by atoms with Crippen molar-refractivity contribution < 1.29 is 0 Å². The third-order valence-electron chi connectivity index (χ3n) is 2.23. The fourth-order valence-corrected chi connectivity index (χ4v) is 2.43. The van der Waals surface area contributed by atoms with Crippen LogP contribution in [0.15, 0.2) is 24.3 Å². The molecule has 0 aliphatic rings. The van der Waals surface area contributed by atoms with Crippen molar-refractivity contribution in [2.24, 2.45) is 0 Å². The van der Waals surface area contributed by atoms with Crippen LogP contribution in [-0.4, -0.2) is 22.2 Å². The molecule has 1 nitrogen and oxygen atoms in total. The molecule has 0 amide bonds. The van der Waals surface area contributed by atoms with E-state index in [1.54, 1.807) is 0 Å². The lowest BCUT2D eigenvalue weighted by Gasteiger charge is -2.20. The van der Waals surface area contributed by atoms with Gasteiger partial charge in [-0.3, -0.25) is 0 Å². The molecule has 0 fully saturated rings. The standard InChI is InChI=1S/C11H19NSi/c1-12(2)10-7-6-8-11(9-10)13(3,4)5/h6-9H,1-5H3. The third kappa shape index (κ3) is 2.59. The average Bonchev–Trinajstić information content (AvgIpc) is 2.03. The van der Waals surface area contributed by atoms with Crippen molar-refractivity contribution in [1.29, 1.82) is 0 Å². The van der Waals surface area contributed by atoms with Crippen molar-refractivity contribution in [3.8, 4) is 0 Å². The van der Waals surface area contributed by atoms with Gasteiger partial charge in [-0.15, -0.1) is 0 Å². The Balaban J connectivity index is 3.06. The first-order valence-corrected chi connectivity index (χ1v) is 8.19. The molecule has 0 saturated heterocycles. The minimum atomic E-state index is -1.14. The van der Waals surface area contributed by atoms with E-state index in [4.69, 9.17) is 0 Å². The van der Waals surface area contributed by atoms with Crippen molar-refractivity contribution in [3.05, 3.63) is 24.3 Å². The van der Waals surface area contributed by atoms with Gasteiger partial charge in [-0.25, -0.2) is 0 Å². The first-order valence-electron chi connectivity index (χ1n) is 4.69. The van der Waals surface area contributed by atoms with E-state index in [9.17, 15) is 0 Å². The molecule has 0 unspecified atom stereocenters.